The Hall–Kier alpha value is -2.69. The quantitative estimate of drug-likeness (QED) is 0.468. The first kappa shape index (κ1) is 21.5. The number of aliphatic hydroxyl groups excluding tert-OH is 4. The van der Waals surface area contributed by atoms with Crippen LogP contribution in [0, 0.1) is 6.92 Å². The van der Waals surface area contributed by atoms with Crippen molar-refractivity contribution < 1.29 is 44.5 Å². The van der Waals surface area contributed by atoms with Crippen molar-refractivity contribution in [2.24, 2.45) is 0 Å². The number of ketones is 1. The van der Waals surface area contributed by atoms with Crippen molar-refractivity contribution in [2.75, 3.05) is 6.61 Å². The van der Waals surface area contributed by atoms with Gasteiger partial charge in [-0.05, 0) is 12.5 Å². The maximum atomic E-state index is 12.7. The van der Waals surface area contributed by atoms with Crippen LogP contribution in [0.1, 0.15) is 34.0 Å². The van der Waals surface area contributed by atoms with Crippen LogP contribution in [0.2, 0.25) is 0 Å². The highest BCUT2D eigenvalue weighted by Crippen LogP contribution is 2.45. The Bertz CT molecular complexity index is 959. The Morgan fingerprint density at radius 2 is 1.81 bits per heavy atom. The predicted molar refractivity (Wildman–Crippen MR) is 106 cm³/mol. The van der Waals surface area contributed by atoms with Gasteiger partial charge in [-0.1, -0.05) is 30.3 Å². The standard InChI is InChI=1S/C22H24O9/c1-10-13(30-22-21(28)20(27)19(26)16(9-23)31-22)8-15-17(18(10)25)12(24)7-14(29-15)11-5-3-2-4-6-11/h2-6,8,14,16,19-23,25-28H,7,9H2,1H3/t14-,16-,19-,20+,21+,22-/m1/s1. The Balaban J connectivity index is 1.65. The Morgan fingerprint density at radius 3 is 2.48 bits per heavy atom. The van der Waals surface area contributed by atoms with Gasteiger partial charge in [0, 0.05) is 11.6 Å². The second-order valence-electron chi connectivity index (χ2n) is 7.68. The van der Waals surface area contributed by atoms with Crippen LogP contribution in [0.3, 0.4) is 0 Å². The van der Waals surface area contributed by atoms with E-state index in [-0.39, 0.29) is 40.6 Å². The first-order chi connectivity index (χ1) is 14.8. The third-order valence-electron chi connectivity index (χ3n) is 5.65. The van der Waals surface area contributed by atoms with Crippen LogP contribution >= 0.6 is 0 Å². The van der Waals surface area contributed by atoms with Gasteiger partial charge < -0.3 is 39.7 Å². The van der Waals surface area contributed by atoms with Crippen LogP contribution in [0.15, 0.2) is 36.4 Å². The Kier molecular flexibility index (Phi) is 5.87. The lowest BCUT2D eigenvalue weighted by Gasteiger charge is -2.39. The predicted octanol–water partition coefficient (Wildman–Crippen LogP) is 0.586. The number of aromatic hydroxyl groups is 1. The van der Waals surface area contributed by atoms with E-state index in [1.807, 2.05) is 30.3 Å². The molecule has 2 aliphatic heterocycles. The van der Waals surface area contributed by atoms with Crippen molar-refractivity contribution >= 4 is 5.78 Å². The van der Waals surface area contributed by atoms with Crippen molar-refractivity contribution in [3.63, 3.8) is 0 Å². The molecule has 4 rings (SSSR count). The van der Waals surface area contributed by atoms with Gasteiger partial charge in [-0.3, -0.25) is 4.79 Å². The summed E-state index contributed by atoms with van der Waals surface area (Å²) in [6.45, 7) is 0.918. The molecule has 0 aliphatic carbocycles. The summed E-state index contributed by atoms with van der Waals surface area (Å²) in [6, 6.07) is 10.6. The minimum atomic E-state index is -1.62. The number of hydrogen-bond donors (Lipinski definition) is 5. The van der Waals surface area contributed by atoms with Crippen molar-refractivity contribution in [1.29, 1.82) is 0 Å². The largest absolute Gasteiger partial charge is 0.507 e. The third kappa shape index (κ3) is 3.86. The molecule has 9 heteroatoms. The van der Waals surface area contributed by atoms with Crippen molar-refractivity contribution in [2.45, 2.75) is 50.2 Å². The van der Waals surface area contributed by atoms with Crippen molar-refractivity contribution in [3.05, 3.63) is 53.1 Å². The molecule has 0 amide bonds. The highest BCUT2D eigenvalue weighted by atomic mass is 16.7. The van der Waals surface area contributed by atoms with Crippen LogP contribution in [0.5, 0.6) is 17.2 Å². The van der Waals surface area contributed by atoms with Crippen LogP contribution in [0.4, 0.5) is 0 Å². The number of carbonyl (C=O) groups is 1. The molecule has 0 bridgehead atoms. The number of aliphatic hydroxyl groups is 4. The van der Waals surface area contributed by atoms with Gasteiger partial charge in [0.1, 0.15) is 53.3 Å². The summed E-state index contributed by atoms with van der Waals surface area (Å²) in [5.74, 6) is -0.418. The van der Waals surface area contributed by atoms with E-state index in [0.717, 1.165) is 5.56 Å². The van der Waals surface area contributed by atoms with E-state index in [1.165, 1.54) is 13.0 Å². The fourth-order valence-corrected chi connectivity index (χ4v) is 3.81. The minimum absolute atomic E-state index is 0.0471. The van der Waals surface area contributed by atoms with Crippen molar-refractivity contribution in [1.82, 2.24) is 0 Å². The van der Waals surface area contributed by atoms with E-state index in [9.17, 15) is 30.3 Å². The summed E-state index contributed by atoms with van der Waals surface area (Å²) in [5, 5.41) is 50.1. The second kappa shape index (κ2) is 8.45. The summed E-state index contributed by atoms with van der Waals surface area (Å²) in [7, 11) is 0. The number of phenols is 1. The van der Waals surface area contributed by atoms with E-state index in [1.54, 1.807) is 0 Å². The smallest absolute Gasteiger partial charge is 0.229 e. The topological polar surface area (TPSA) is 146 Å². The zero-order valence-electron chi connectivity index (χ0n) is 16.7. The average molecular weight is 432 g/mol. The highest BCUT2D eigenvalue weighted by molar-refractivity contribution is 6.03. The lowest BCUT2D eigenvalue weighted by molar-refractivity contribution is -0.277. The molecule has 1 saturated heterocycles. The number of Topliss-reactive ketones (excluding diaryl/α,β-unsaturated/α-hetero) is 1. The summed E-state index contributed by atoms with van der Waals surface area (Å²) >= 11 is 0. The molecule has 6 atom stereocenters. The SMILES string of the molecule is Cc1c(O[C@@H]2O[C@H](CO)[C@@H](O)[C@H](O)[C@@H]2O)cc2c(c1O)C(=O)C[C@H](c1ccccc1)O2. The number of rotatable bonds is 4. The number of fused-ring (bicyclic) bond motifs is 1. The minimum Gasteiger partial charge on any atom is -0.507 e. The first-order valence-electron chi connectivity index (χ1n) is 9.90. The molecule has 2 heterocycles. The zero-order chi connectivity index (χ0) is 22.3. The lowest BCUT2D eigenvalue weighted by atomic mass is 9.94. The van der Waals surface area contributed by atoms with Gasteiger partial charge in [-0.2, -0.15) is 0 Å². The number of ether oxygens (including phenoxy) is 3. The lowest BCUT2D eigenvalue weighted by Crippen LogP contribution is -2.60. The summed E-state index contributed by atoms with van der Waals surface area (Å²) in [5.41, 5.74) is 1.06. The number of benzene rings is 2. The van der Waals surface area contributed by atoms with Gasteiger partial charge in [0.2, 0.25) is 6.29 Å². The highest BCUT2D eigenvalue weighted by Gasteiger charge is 2.45. The van der Waals surface area contributed by atoms with Gasteiger partial charge in [-0.15, -0.1) is 0 Å². The van der Waals surface area contributed by atoms with Crippen molar-refractivity contribution in [3.8, 4) is 17.2 Å². The van der Waals surface area contributed by atoms with E-state index in [4.69, 9.17) is 14.2 Å². The maximum absolute atomic E-state index is 12.7. The fourth-order valence-electron chi connectivity index (χ4n) is 3.81. The Labute approximate surface area is 178 Å². The monoisotopic (exact) mass is 432 g/mol. The molecule has 0 unspecified atom stereocenters. The van der Waals surface area contributed by atoms with E-state index < -0.39 is 43.4 Å². The summed E-state index contributed by atoms with van der Waals surface area (Å²) in [4.78, 5) is 12.7. The second-order valence-corrected chi connectivity index (χ2v) is 7.68. The molecule has 1 fully saturated rings. The average Bonchev–Trinajstić information content (AvgIpc) is 2.77. The number of carbonyl (C=O) groups excluding carboxylic acids is 1. The molecule has 2 aliphatic rings. The molecule has 0 saturated carbocycles. The van der Waals surface area contributed by atoms with Gasteiger partial charge in [0.05, 0.1) is 13.0 Å². The summed E-state index contributed by atoms with van der Waals surface area (Å²) < 4.78 is 17.0. The zero-order valence-corrected chi connectivity index (χ0v) is 16.7. The van der Waals surface area contributed by atoms with Crippen LogP contribution in [-0.4, -0.2) is 68.6 Å². The van der Waals surface area contributed by atoms with Crippen LogP contribution in [-0.2, 0) is 4.74 Å². The molecule has 2 aromatic carbocycles. The number of hydrogen-bond acceptors (Lipinski definition) is 9. The van der Waals surface area contributed by atoms with E-state index >= 15 is 0 Å². The molecule has 5 N–H and O–H groups in total. The molecule has 9 nitrogen and oxygen atoms in total. The molecule has 0 spiro atoms. The van der Waals surface area contributed by atoms with E-state index in [2.05, 4.69) is 0 Å². The molecule has 2 aromatic rings. The molecule has 0 aromatic heterocycles. The maximum Gasteiger partial charge on any atom is 0.229 e. The van der Waals surface area contributed by atoms with E-state index in [0.29, 0.717) is 0 Å². The molecule has 31 heavy (non-hydrogen) atoms. The normalized spacial score (nSPS) is 30.4. The summed E-state index contributed by atoms with van der Waals surface area (Å²) in [6.07, 6.45) is -7.80. The van der Waals surface area contributed by atoms with Gasteiger partial charge in [-0.25, -0.2) is 0 Å². The fraction of sp³-hybridized carbons (Fsp3) is 0.409. The molecule has 166 valence electrons. The molecule has 0 radical (unpaired) electrons. The molecular formula is C22H24O9. The first-order valence-corrected chi connectivity index (χ1v) is 9.90. The molecular weight excluding hydrogens is 408 g/mol. The van der Waals surface area contributed by atoms with Gasteiger partial charge in [0.25, 0.3) is 0 Å². The number of phenolic OH excluding ortho intramolecular Hbond substituents is 1. The Morgan fingerprint density at radius 1 is 1.10 bits per heavy atom. The van der Waals surface area contributed by atoms with Gasteiger partial charge >= 0.3 is 0 Å². The third-order valence-corrected chi connectivity index (χ3v) is 5.65. The van der Waals surface area contributed by atoms with Crippen LogP contribution < -0.4 is 9.47 Å². The van der Waals surface area contributed by atoms with Gasteiger partial charge in [0.15, 0.2) is 5.78 Å². The van der Waals surface area contributed by atoms with Crippen LogP contribution in [0.25, 0.3) is 0 Å².